The number of carbonyl (C=O) groups excluding carboxylic acids is 2. The lowest BCUT2D eigenvalue weighted by Gasteiger charge is -2.29. The molecular formula is C29H33N3O5. The van der Waals surface area contributed by atoms with Crippen LogP contribution >= 0.6 is 0 Å². The number of rotatable bonds is 10. The number of hydrogen-bond donors (Lipinski definition) is 1. The van der Waals surface area contributed by atoms with Crippen molar-refractivity contribution in [2.45, 2.75) is 32.8 Å². The number of amides is 2. The van der Waals surface area contributed by atoms with Crippen LogP contribution in [0.15, 0.2) is 84.9 Å². The van der Waals surface area contributed by atoms with Gasteiger partial charge in [0.1, 0.15) is 12.6 Å². The van der Waals surface area contributed by atoms with Crippen LogP contribution in [0.1, 0.15) is 19.4 Å². The van der Waals surface area contributed by atoms with E-state index in [9.17, 15) is 9.59 Å². The van der Waals surface area contributed by atoms with Crippen molar-refractivity contribution >= 4 is 29.1 Å². The first-order valence-electron chi connectivity index (χ1n) is 12.5. The van der Waals surface area contributed by atoms with Gasteiger partial charge in [0.15, 0.2) is 6.29 Å². The summed E-state index contributed by atoms with van der Waals surface area (Å²) in [5, 5.41) is 2.81. The van der Waals surface area contributed by atoms with Gasteiger partial charge in [0.2, 0.25) is 0 Å². The highest BCUT2D eigenvalue weighted by Crippen LogP contribution is 2.37. The Morgan fingerprint density at radius 3 is 2.14 bits per heavy atom. The van der Waals surface area contributed by atoms with Crippen LogP contribution in [-0.2, 0) is 25.6 Å². The molecule has 0 aromatic heterocycles. The van der Waals surface area contributed by atoms with Crippen molar-refractivity contribution in [1.29, 1.82) is 0 Å². The molecule has 2 amide bonds. The molecule has 0 radical (unpaired) electrons. The molecule has 0 fully saturated rings. The van der Waals surface area contributed by atoms with Crippen LogP contribution in [0, 0.1) is 0 Å². The molecule has 8 nitrogen and oxygen atoms in total. The van der Waals surface area contributed by atoms with E-state index < -0.39 is 18.4 Å². The summed E-state index contributed by atoms with van der Waals surface area (Å²) in [7, 11) is 0. The van der Waals surface area contributed by atoms with Crippen molar-refractivity contribution in [1.82, 2.24) is 5.32 Å². The predicted octanol–water partition coefficient (Wildman–Crippen LogP) is 4.87. The molecule has 194 valence electrons. The molecule has 0 aliphatic carbocycles. The van der Waals surface area contributed by atoms with E-state index in [-0.39, 0.29) is 25.6 Å². The lowest BCUT2D eigenvalue weighted by molar-refractivity contribution is -0.136. The monoisotopic (exact) mass is 503 g/mol. The molecule has 0 bridgehead atoms. The van der Waals surface area contributed by atoms with Crippen molar-refractivity contribution in [2.75, 3.05) is 36.1 Å². The fraction of sp³-hybridized carbons (Fsp3) is 0.310. The Labute approximate surface area is 217 Å². The van der Waals surface area contributed by atoms with Crippen molar-refractivity contribution < 1.29 is 23.8 Å². The van der Waals surface area contributed by atoms with Crippen LogP contribution in [-0.4, -0.2) is 50.6 Å². The third-order valence-corrected chi connectivity index (χ3v) is 6.00. The maximum Gasteiger partial charge on any atom is 0.408 e. The summed E-state index contributed by atoms with van der Waals surface area (Å²) in [5.41, 5.74) is 3.32. The Balaban J connectivity index is 1.64. The normalized spacial score (nSPS) is 15.3. The number of benzene rings is 3. The second-order valence-electron chi connectivity index (χ2n) is 8.48. The van der Waals surface area contributed by atoms with E-state index in [1.165, 1.54) is 0 Å². The van der Waals surface area contributed by atoms with Crippen molar-refractivity contribution in [2.24, 2.45) is 0 Å². The Morgan fingerprint density at radius 1 is 0.892 bits per heavy atom. The Kier molecular flexibility index (Phi) is 9.13. The van der Waals surface area contributed by atoms with Gasteiger partial charge in [-0.15, -0.1) is 0 Å². The SMILES string of the molecule is CCOC(CN1C(=O)C(NC(=O)OCc2ccccc2)CN(c2ccccc2)c2ccccc21)OCC. The quantitative estimate of drug-likeness (QED) is 0.398. The Morgan fingerprint density at radius 2 is 1.49 bits per heavy atom. The fourth-order valence-electron chi connectivity index (χ4n) is 4.32. The number of hydrogen-bond acceptors (Lipinski definition) is 6. The first-order chi connectivity index (χ1) is 18.1. The molecule has 0 saturated heterocycles. The van der Waals surface area contributed by atoms with E-state index >= 15 is 0 Å². The average molecular weight is 504 g/mol. The van der Waals surface area contributed by atoms with E-state index in [0.29, 0.717) is 18.9 Å². The van der Waals surface area contributed by atoms with Crippen molar-refractivity contribution in [3.63, 3.8) is 0 Å². The lowest BCUT2D eigenvalue weighted by atomic mass is 10.2. The summed E-state index contributed by atoms with van der Waals surface area (Å²) < 4.78 is 17.0. The highest BCUT2D eigenvalue weighted by Gasteiger charge is 2.36. The minimum Gasteiger partial charge on any atom is -0.445 e. The van der Waals surface area contributed by atoms with Crippen LogP contribution in [0.2, 0.25) is 0 Å². The van der Waals surface area contributed by atoms with Gasteiger partial charge in [-0.3, -0.25) is 4.79 Å². The van der Waals surface area contributed by atoms with E-state index in [4.69, 9.17) is 14.2 Å². The molecule has 3 aromatic rings. The molecule has 0 spiro atoms. The Bertz CT molecular complexity index is 1150. The van der Waals surface area contributed by atoms with Crippen LogP contribution in [0.5, 0.6) is 0 Å². The summed E-state index contributed by atoms with van der Waals surface area (Å²) in [6.45, 7) is 5.16. The number of anilines is 3. The zero-order chi connectivity index (χ0) is 26.0. The van der Waals surface area contributed by atoms with E-state index in [0.717, 1.165) is 16.9 Å². The minimum absolute atomic E-state index is 0.108. The van der Waals surface area contributed by atoms with Gasteiger partial charge in [-0.1, -0.05) is 60.7 Å². The van der Waals surface area contributed by atoms with Crippen LogP contribution < -0.4 is 15.1 Å². The van der Waals surface area contributed by atoms with Gasteiger partial charge >= 0.3 is 6.09 Å². The van der Waals surface area contributed by atoms with Gasteiger partial charge in [-0.25, -0.2) is 4.79 Å². The topological polar surface area (TPSA) is 80.3 Å². The van der Waals surface area contributed by atoms with Gasteiger partial charge in [0.05, 0.1) is 24.5 Å². The Hall–Kier alpha value is -3.88. The molecule has 1 N–H and O–H groups in total. The third kappa shape index (κ3) is 6.67. The van der Waals surface area contributed by atoms with Crippen molar-refractivity contribution in [3.8, 4) is 0 Å². The number of nitrogens with one attached hydrogen (secondary N) is 1. The van der Waals surface area contributed by atoms with Gasteiger partial charge in [-0.2, -0.15) is 0 Å². The summed E-state index contributed by atoms with van der Waals surface area (Å²) in [6, 6.07) is 26.0. The zero-order valence-corrected chi connectivity index (χ0v) is 21.2. The molecule has 3 aromatic carbocycles. The highest BCUT2D eigenvalue weighted by atomic mass is 16.7. The molecule has 37 heavy (non-hydrogen) atoms. The summed E-state index contributed by atoms with van der Waals surface area (Å²) >= 11 is 0. The molecule has 1 aliphatic rings. The van der Waals surface area contributed by atoms with Gasteiger partial charge in [0, 0.05) is 18.9 Å². The number of alkyl carbamates (subject to hydrolysis) is 1. The van der Waals surface area contributed by atoms with Gasteiger partial charge in [-0.05, 0) is 43.7 Å². The second kappa shape index (κ2) is 12.9. The molecule has 1 unspecified atom stereocenters. The molecule has 0 saturated carbocycles. The van der Waals surface area contributed by atoms with Crippen LogP contribution in [0.4, 0.5) is 21.9 Å². The lowest BCUT2D eigenvalue weighted by Crippen LogP contribution is -2.53. The zero-order valence-electron chi connectivity index (χ0n) is 21.2. The first-order valence-corrected chi connectivity index (χ1v) is 12.5. The standard InChI is InChI=1S/C29H33N3O5/c1-3-35-27(36-4-2)20-32-26-18-12-11-17-25(26)31(23-15-9-6-10-16-23)19-24(28(32)33)30-29(34)37-21-22-13-7-5-8-14-22/h5-18,24,27H,3-4,19-21H2,1-2H3,(H,30,34). The summed E-state index contributed by atoms with van der Waals surface area (Å²) in [4.78, 5) is 30.4. The smallest absolute Gasteiger partial charge is 0.408 e. The number of ether oxygens (including phenoxy) is 3. The van der Waals surface area contributed by atoms with Crippen LogP contribution in [0.3, 0.4) is 0 Å². The van der Waals surface area contributed by atoms with Gasteiger partial charge in [0.25, 0.3) is 5.91 Å². The number of fused-ring (bicyclic) bond motifs is 1. The second-order valence-corrected chi connectivity index (χ2v) is 8.48. The fourth-order valence-corrected chi connectivity index (χ4v) is 4.32. The summed E-state index contributed by atoms with van der Waals surface area (Å²) in [5.74, 6) is -0.271. The molecule has 1 heterocycles. The summed E-state index contributed by atoms with van der Waals surface area (Å²) in [6.07, 6.45) is -1.27. The highest BCUT2D eigenvalue weighted by molar-refractivity contribution is 6.04. The van der Waals surface area contributed by atoms with E-state index in [1.54, 1.807) is 4.90 Å². The van der Waals surface area contributed by atoms with Crippen LogP contribution in [0.25, 0.3) is 0 Å². The molecule has 1 aliphatic heterocycles. The molecule has 4 rings (SSSR count). The number of para-hydroxylation sites is 3. The van der Waals surface area contributed by atoms with E-state index in [1.807, 2.05) is 104 Å². The molecule has 1 atom stereocenters. The third-order valence-electron chi connectivity index (χ3n) is 6.00. The van der Waals surface area contributed by atoms with Gasteiger partial charge < -0.3 is 29.3 Å². The van der Waals surface area contributed by atoms with E-state index in [2.05, 4.69) is 5.32 Å². The number of nitrogens with zero attached hydrogens (tertiary/aromatic N) is 2. The largest absolute Gasteiger partial charge is 0.445 e. The molecular weight excluding hydrogens is 470 g/mol. The molecule has 8 heteroatoms. The van der Waals surface area contributed by atoms with Crippen molar-refractivity contribution in [3.05, 3.63) is 90.5 Å². The minimum atomic E-state index is -0.875. The first kappa shape index (κ1) is 26.2. The maximum absolute atomic E-state index is 14.0. The predicted molar refractivity (Wildman–Crippen MR) is 143 cm³/mol. The maximum atomic E-state index is 14.0. The average Bonchev–Trinajstić information content (AvgIpc) is 3.04. The number of carbonyl (C=O) groups is 2.